The highest BCUT2D eigenvalue weighted by Gasteiger charge is 2.35. The van der Waals surface area contributed by atoms with Gasteiger partial charge in [0, 0.05) is 13.3 Å². The van der Waals surface area contributed by atoms with Gasteiger partial charge in [-0.05, 0) is 0 Å². The molecule has 1 rings (SSSR count). The van der Waals surface area contributed by atoms with Gasteiger partial charge in [-0.15, -0.1) is 0 Å². The van der Waals surface area contributed by atoms with Crippen LogP contribution in [0.15, 0.2) is 0 Å². The molecule has 0 radical (unpaired) electrons. The molecule has 0 aromatic heterocycles. The van der Waals surface area contributed by atoms with Crippen molar-refractivity contribution in [2.45, 2.75) is 37.9 Å². The van der Waals surface area contributed by atoms with Crippen LogP contribution < -0.4 is 0 Å². The van der Waals surface area contributed by atoms with E-state index < -0.39 is 30.6 Å². The molecular weight excluding hydrogens is 192 g/mol. The van der Waals surface area contributed by atoms with Gasteiger partial charge in [0.2, 0.25) is 0 Å². The van der Waals surface area contributed by atoms with Gasteiger partial charge in [-0.2, -0.15) is 0 Å². The Bertz CT molecular complexity index is 194. The van der Waals surface area contributed by atoms with Gasteiger partial charge in [-0.25, -0.2) is 0 Å². The molecule has 0 amide bonds. The van der Waals surface area contributed by atoms with Gasteiger partial charge in [-0.3, -0.25) is 4.79 Å². The van der Waals surface area contributed by atoms with Gasteiger partial charge in [0.25, 0.3) is 0 Å². The third kappa shape index (κ3) is 2.91. The fourth-order valence-electron chi connectivity index (χ4n) is 1.25. The van der Waals surface area contributed by atoms with Crippen molar-refractivity contribution in [3.63, 3.8) is 0 Å². The van der Waals surface area contributed by atoms with E-state index in [1.165, 1.54) is 6.92 Å². The molecule has 14 heavy (non-hydrogen) atoms. The van der Waals surface area contributed by atoms with E-state index in [-0.39, 0.29) is 13.0 Å². The highest BCUT2D eigenvalue weighted by Crippen LogP contribution is 2.18. The highest BCUT2D eigenvalue weighted by molar-refractivity contribution is 5.65. The summed E-state index contributed by atoms with van der Waals surface area (Å²) in [6.45, 7) is 1.22. The van der Waals surface area contributed by atoms with E-state index in [1.54, 1.807) is 0 Å². The Hall–Kier alpha value is -0.690. The maximum absolute atomic E-state index is 10.5. The summed E-state index contributed by atoms with van der Waals surface area (Å²) in [4.78, 5) is 10.5. The first-order valence-corrected chi connectivity index (χ1v) is 4.33. The third-order valence-electron chi connectivity index (χ3n) is 2.00. The summed E-state index contributed by atoms with van der Waals surface area (Å²) in [7, 11) is 0. The molecule has 0 aromatic carbocycles. The lowest BCUT2D eigenvalue weighted by molar-refractivity contribution is -0.253. The topological polar surface area (TPSA) is 96.2 Å². The van der Waals surface area contributed by atoms with Crippen molar-refractivity contribution in [3.8, 4) is 0 Å². The van der Waals surface area contributed by atoms with Crippen LogP contribution >= 0.6 is 0 Å². The zero-order chi connectivity index (χ0) is 10.7. The van der Waals surface area contributed by atoms with Gasteiger partial charge in [-0.1, -0.05) is 0 Å². The number of hydrogen-bond acceptors (Lipinski definition) is 6. The number of carbonyl (C=O) groups is 1. The number of aliphatic hydroxyl groups is 3. The third-order valence-corrected chi connectivity index (χ3v) is 2.00. The van der Waals surface area contributed by atoms with E-state index in [1.807, 2.05) is 0 Å². The van der Waals surface area contributed by atoms with Gasteiger partial charge in [0.15, 0.2) is 6.29 Å². The summed E-state index contributed by atoms with van der Waals surface area (Å²) < 4.78 is 9.53. The number of carbonyl (C=O) groups excluding carboxylic acids is 1. The largest absolute Gasteiger partial charge is 0.463 e. The monoisotopic (exact) mass is 206 g/mol. The predicted octanol–water partition coefficient (Wildman–Crippen LogP) is -1.62. The first-order chi connectivity index (χ1) is 6.50. The summed E-state index contributed by atoms with van der Waals surface area (Å²) >= 11 is 0. The van der Waals surface area contributed by atoms with Gasteiger partial charge >= 0.3 is 5.97 Å². The maximum Gasteiger partial charge on any atom is 0.302 e. The smallest absolute Gasteiger partial charge is 0.302 e. The lowest BCUT2D eigenvalue weighted by Crippen LogP contribution is -2.49. The Labute approximate surface area is 81.1 Å². The summed E-state index contributed by atoms with van der Waals surface area (Å²) in [5.74, 6) is -0.455. The molecule has 3 N–H and O–H groups in total. The minimum atomic E-state index is -1.43. The summed E-state index contributed by atoms with van der Waals surface area (Å²) in [5.41, 5.74) is 0. The molecule has 1 aliphatic heterocycles. The van der Waals surface area contributed by atoms with Gasteiger partial charge < -0.3 is 24.8 Å². The van der Waals surface area contributed by atoms with Crippen molar-refractivity contribution in [2.75, 3.05) is 6.61 Å². The molecule has 0 spiro atoms. The Morgan fingerprint density at radius 1 is 1.50 bits per heavy atom. The molecule has 6 heteroatoms. The van der Waals surface area contributed by atoms with Crippen LogP contribution in [-0.4, -0.2) is 52.5 Å². The van der Waals surface area contributed by atoms with Crippen LogP contribution in [0.3, 0.4) is 0 Å². The van der Waals surface area contributed by atoms with Crippen LogP contribution in [0.25, 0.3) is 0 Å². The van der Waals surface area contributed by atoms with Crippen LogP contribution in [0.1, 0.15) is 13.3 Å². The average molecular weight is 206 g/mol. The number of aliphatic hydroxyl groups excluding tert-OH is 3. The quantitative estimate of drug-likeness (QED) is 0.470. The SMILES string of the molecule is CC(=O)OC[C@H]1C[C@@H](O)[C@@H](O)[C@H](O)O1. The molecule has 1 heterocycles. The zero-order valence-electron chi connectivity index (χ0n) is 7.79. The Kier molecular flexibility index (Phi) is 3.82. The van der Waals surface area contributed by atoms with Crippen molar-refractivity contribution >= 4 is 5.97 Å². The van der Waals surface area contributed by atoms with Crippen LogP contribution in [0.4, 0.5) is 0 Å². The summed E-state index contributed by atoms with van der Waals surface area (Å²) in [6, 6.07) is 0. The van der Waals surface area contributed by atoms with Gasteiger partial charge in [0.05, 0.1) is 12.2 Å². The van der Waals surface area contributed by atoms with Crippen LogP contribution in [0, 0.1) is 0 Å². The second-order valence-electron chi connectivity index (χ2n) is 3.24. The molecule has 6 nitrogen and oxygen atoms in total. The first-order valence-electron chi connectivity index (χ1n) is 4.33. The van der Waals surface area contributed by atoms with E-state index >= 15 is 0 Å². The Morgan fingerprint density at radius 2 is 2.14 bits per heavy atom. The molecular formula is C8H14O6. The van der Waals surface area contributed by atoms with E-state index in [9.17, 15) is 9.90 Å². The van der Waals surface area contributed by atoms with Crippen LogP contribution in [-0.2, 0) is 14.3 Å². The fourth-order valence-corrected chi connectivity index (χ4v) is 1.25. The lowest BCUT2D eigenvalue weighted by Gasteiger charge is -2.33. The molecule has 4 atom stereocenters. The molecule has 1 fully saturated rings. The lowest BCUT2D eigenvalue weighted by atomic mass is 10.0. The second-order valence-corrected chi connectivity index (χ2v) is 3.24. The molecule has 0 aliphatic carbocycles. The first kappa shape index (κ1) is 11.4. The number of rotatable bonds is 2. The fraction of sp³-hybridized carbons (Fsp3) is 0.875. The van der Waals surface area contributed by atoms with Crippen molar-refractivity contribution in [2.24, 2.45) is 0 Å². The molecule has 0 aromatic rings. The number of ether oxygens (including phenoxy) is 2. The molecule has 1 saturated heterocycles. The standard InChI is InChI=1S/C8H14O6/c1-4(9)13-3-5-2-6(10)7(11)8(12)14-5/h5-8,10-12H,2-3H2,1H3/t5-,6-,7-,8-/m1/s1. The molecule has 0 bridgehead atoms. The van der Waals surface area contributed by atoms with E-state index in [4.69, 9.17) is 14.9 Å². The number of hydrogen-bond donors (Lipinski definition) is 3. The van der Waals surface area contributed by atoms with Gasteiger partial charge in [0.1, 0.15) is 12.7 Å². The zero-order valence-corrected chi connectivity index (χ0v) is 7.79. The second kappa shape index (κ2) is 4.70. The number of esters is 1. The van der Waals surface area contributed by atoms with Crippen LogP contribution in [0.2, 0.25) is 0 Å². The van der Waals surface area contributed by atoms with E-state index in [0.717, 1.165) is 0 Å². The predicted molar refractivity (Wildman–Crippen MR) is 44.1 cm³/mol. The minimum Gasteiger partial charge on any atom is -0.463 e. The highest BCUT2D eigenvalue weighted by atomic mass is 16.6. The van der Waals surface area contributed by atoms with E-state index in [2.05, 4.69) is 4.74 Å². The van der Waals surface area contributed by atoms with Crippen molar-refractivity contribution in [1.82, 2.24) is 0 Å². The molecule has 82 valence electrons. The van der Waals surface area contributed by atoms with Crippen molar-refractivity contribution in [3.05, 3.63) is 0 Å². The van der Waals surface area contributed by atoms with Crippen LogP contribution in [0.5, 0.6) is 0 Å². The van der Waals surface area contributed by atoms with Crippen molar-refractivity contribution in [1.29, 1.82) is 0 Å². The molecule has 0 saturated carbocycles. The van der Waals surface area contributed by atoms with E-state index in [0.29, 0.717) is 0 Å². The summed E-state index contributed by atoms with van der Waals surface area (Å²) in [5, 5.41) is 27.5. The Morgan fingerprint density at radius 3 is 2.64 bits per heavy atom. The van der Waals surface area contributed by atoms with Crippen molar-refractivity contribution < 1.29 is 29.6 Å². The Balaban J connectivity index is 2.38. The summed E-state index contributed by atoms with van der Waals surface area (Å²) in [6.07, 6.45) is -4.24. The maximum atomic E-state index is 10.5. The molecule has 0 unspecified atom stereocenters. The minimum absolute atomic E-state index is 0.0316. The normalized spacial score (nSPS) is 38.0. The molecule has 1 aliphatic rings. The average Bonchev–Trinajstić information content (AvgIpc) is 2.10.